The van der Waals surface area contributed by atoms with Crippen LogP contribution in [0.4, 0.5) is 4.79 Å². The Kier molecular flexibility index (Phi) is 22.1. The minimum Gasteiger partial charge on any atom is -0.449 e. The standard InChI is InChI=1S/C33H63N3O3/c1-5-6-7-8-9-10-11-12-13-14-15-16-17-18-19-20-26-36(29-37)32-23-22-30(2)27-31(32)28-39-33(38)34-24-21-25-35(3)4/h22,29,31-32H,5-21,23-28H2,1-4H3,(H,34,38). The molecule has 1 aliphatic rings. The molecule has 1 aliphatic carbocycles. The molecule has 0 saturated carbocycles. The molecule has 0 aromatic carbocycles. The molecule has 1 rings (SSSR count). The monoisotopic (exact) mass is 549 g/mol. The van der Waals surface area contributed by atoms with Crippen LogP contribution in [0.2, 0.25) is 0 Å². The second-order valence-electron chi connectivity index (χ2n) is 12.1. The van der Waals surface area contributed by atoms with Gasteiger partial charge in [-0.1, -0.05) is 115 Å². The Morgan fingerprint density at radius 2 is 1.41 bits per heavy atom. The van der Waals surface area contributed by atoms with Gasteiger partial charge in [0.1, 0.15) is 0 Å². The van der Waals surface area contributed by atoms with Crippen LogP contribution in [-0.4, -0.2) is 68.7 Å². The van der Waals surface area contributed by atoms with Crippen molar-refractivity contribution < 1.29 is 14.3 Å². The molecule has 39 heavy (non-hydrogen) atoms. The minimum atomic E-state index is -0.352. The predicted molar refractivity (Wildman–Crippen MR) is 165 cm³/mol. The maximum atomic E-state index is 12.2. The number of carbonyl (C=O) groups excluding carboxylic acids is 2. The van der Waals surface area contributed by atoms with Crippen molar-refractivity contribution >= 4 is 12.5 Å². The number of hydrogen-bond donors (Lipinski definition) is 1. The SMILES string of the molecule is CCCCCCCCCCCCCCCCCCN(C=O)C1CC=C(C)CC1COC(=O)NCCCN(C)C. The van der Waals surface area contributed by atoms with Crippen LogP contribution < -0.4 is 5.32 Å². The summed E-state index contributed by atoms with van der Waals surface area (Å²) in [7, 11) is 4.05. The first-order valence-corrected chi connectivity index (χ1v) is 16.4. The molecule has 0 spiro atoms. The summed E-state index contributed by atoms with van der Waals surface area (Å²) in [6.45, 7) is 7.12. The van der Waals surface area contributed by atoms with Gasteiger partial charge < -0.3 is 19.9 Å². The molecule has 6 heteroatoms. The number of unbranched alkanes of at least 4 members (excludes halogenated alkanes) is 15. The second kappa shape index (κ2) is 24.3. The van der Waals surface area contributed by atoms with E-state index in [2.05, 4.69) is 30.1 Å². The number of nitrogens with zero attached hydrogens (tertiary/aromatic N) is 2. The molecule has 0 fully saturated rings. The maximum absolute atomic E-state index is 12.2. The zero-order valence-electron chi connectivity index (χ0n) is 26.2. The first kappa shape index (κ1) is 35.5. The van der Waals surface area contributed by atoms with E-state index in [1.54, 1.807) is 0 Å². The van der Waals surface area contributed by atoms with Crippen LogP contribution in [0.15, 0.2) is 11.6 Å². The van der Waals surface area contributed by atoms with Gasteiger partial charge >= 0.3 is 6.09 Å². The number of amides is 2. The largest absolute Gasteiger partial charge is 0.449 e. The molecular formula is C33H63N3O3. The third kappa shape index (κ3) is 19.2. The summed E-state index contributed by atoms with van der Waals surface area (Å²) in [5.41, 5.74) is 1.32. The second-order valence-corrected chi connectivity index (χ2v) is 12.1. The Balaban J connectivity index is 2.14. The highest BCUT2D eigenvalue weighted by Crippen LogP contribution is 2.28. The first-order chi connectivity index (χ1) is 19.0. The average Bonchev–Trinajstić information content (AvgIpc) is 2.92. The van der Waals surface area contributed by atoms with Crippen molar-refractivity contribution in [2.45, 2.75) is 142 Å². The molecular weight excluding hydrogens is 486 g/mol. The van der Waals surface area contributed by atoms with E-state index in [0.717, 1.165) is 45.2 Å². The van der Waals surface area contributed by atoms with Crippen LogP contribution in [0.3, 0.4) is 0 Å². The quantitative estimate of drug-likeness (QED) is 0.0710. The van der Waals surface area contributed by atoms with Crippen LogP contribution in [-0.2, 0) is 9.53 Å². The van der Waals surface area contributed by atoms with Crippen LogP contribution in [0.5, 0.6) is 0 Å². The van der Waals surface area contributed by atoms with Gasteiger partial charge in [0, 0.05) is 25.0 Å². The number of alkyl carbamates (subject to hydrolysis) is 1. The highest BCUT2D eigenvalue weighted by atomic mass is 16.5. The topological polar surface area (TPSA) is 61.9 Å². The fraction of sp³-hybridized carbons (Fsp3) is 0.879. The zero-order chi connectivity index (χ0) is 28.6. The molecule has 0 aromatic heterocycles. The van der Waals surface area contributed by atoms with E-state index in [4.69, 9.17) is 4.74 Å². The number of ether oxygens (including phenoxy) is 1. The molecule has 0 bridgehead atoms. The molecule has 0 aliphatic heterocycles. The van der Waals surface area contributed by atoms with Gasteiger partial charge in [0.25, 0.3) is 0 Å². The Labute approximate surface area is 241 Å². The summed E-state index contributed by atoms with van der Waals surface area (Å²) >= 11 is 0. The van der Waals surface area contributed by atoms with Gasteiger partial charge in [-0.25, -0.2) is 4.79 Å². The van der Waals surface area contributed by atoms with E-state index < -0.39 is 0 Å². The van der Waals surface area contributed by atoms with E-state index in [1.807, 2.05) is 19.0 Å². The smallest absolute Gasteiger partial charge is 0.407 e. The van der Waals surface area contributed by atoms with E-state index in [0.29, 0.717) is 13.2 Å². The lowest BCUT2D eigenvalue weighted by Crippen LogP contribution is -2.44. The van der Waals surface area contributed by atoms with Crippen molar-refractivity contribution in [2.24, 2.45) is 5.92 Å². The van der Waals surface area contributed by atoms with Crippen molar-refractivity contribution in [3.63, 3.8) is 0 Å². The predicted octanol–water partition coefficient (Wildman–Crippen LogP) is 8.11. The maximum Gasteiger partial charge on any atom is 0.407 e. The Morgan fingerprint density at radius 1 is 0.872 bits per heavy atom. The molecule has 0 aromatic rings. The molecule has 228 valence electrons. The van der Waals surface area contributed by atoms with E-state index in [1.165, 1.54) is 102 Å². The number of rotatable bonds is 25. The van der Waals surface area contributed by atoms with Crippen molar-refractivity contribution in [3.05, 3.63) is 11.6 Å². The summed E-state index contributed by atoms with van der Waals surface area (Å²) < 4.78 is 5.56. The number of allylic oxidation sites excluding steroid dienone is 1. The number of hydrogen-bond acceptors (Lipinski definition) is 4. The Bertz CT molecular complexity index is 638. The van der Waals surface area contributed by atoms with Crippen molar-refractivity contribution in [2.75, 3.05) is 40.3 Å². The molecule has 6 nitrogen and oxygen atoms in total. The highest BCUT2D eigenvalue weighted by Gasteiger charge is 2.30. The molecule has 2 amide bonds. The molecule has 2 atom stereocenters. The number of carbonyl (C=O) groups is 2. The average molecular weight is 550 g/mol. The van der Waals surface area contributed by atoms with Gasteiger partial charge in [-0.15, -0.1) is 0 Å². The van der Waals surface area contributed by atoms with Crippen LogP contribution in [0, 0.1) is 5.92 Å². The summed E-state index contributed by atoms with van der Waals surface area (Å²) in [6.07, 6.45) is 27.1. The van der Waals surface area contributed by atoms with Gasteiger partial charge in [-0.2, -0.15) is 0 Å². The normalized spacial score (nSPS) is 17.2. The lowest BCUT2D eigenvalue weighted by Gasteiger charge is -2.37. The summed E-state index contributed by atoms with van der Waals surface area (Å²) in [5.74, 6) is 0.161. The van der Waals surface area contributed by atoms with Crippen molar-refractivity contribution in [1.29, 1.82) is 0 Å². The van der Waals surface area contributed by atoms with E-state index >= 15 is 0 Å². The fourth-order valence-corrected chi connectivity index (χ4v) is 5.68. The van der Waals surface area contributed by atoms with Gasteiger partial charge in [-0.3, -0.25) is 4.79 Å². The third-order valence-corrected chi connectivity index (χ3v) is 8.15. The fourth-order valence-electron chi connectivity index (χ4n) is 5.68. The van der Waals surface area contributed by atoms with Crippen LogP contribution >= 0.6 is 0 Å². The summed E-state index contributed by atoms with van der Waals surface area (Å²) in [5, 5.41) is 2.85. The lowest BCUT2D eigenvalue weighted by atomic mass is 9.84. The molecule has 1 N–H and O–H groups in total. The first-order valence-electron chi connectivity index (χ1n) is 16.4. The zero-order valence-corrected chi connectivity index (χ0v) is 26.2. The molecule has 0 radical (unpaired) electrons. The van der Waals surface area contributed by atoms with Crippen LogP contribution in [0.1, 0.15) is 136 Å². The minimum absolute atomic E-state index is 0.115. The van der Waals surface area contributed by atoms with Gasteiger partial charge in [0.2, 0.25) is 6.41 Å². The lowest BCUT2D eigenvalue weighted by molar-refractivity contribution is -0.121. The van der Waals surface area contributed by atoms with Gasteiger partial charge in [-0.05, 0) is 53.2 Å². The third-order valence-electron chi connectivity index (χ3n) is 8.15. The van der Waals surface area contributed by atoms with Gasteiger partial charge in [0.15, 0.2) is 0 Å². The molecule has 2 unspecified atom stereocenters. The molecule has 0 saturated heterocycles. The summed E-state index contributed by atoms with van der Waals surface area (Å²) in [4.78, 5) is 28.2. The van der Waals surface area contributed by atoms with Crippen molar-refractivity contribution in [1.82, 2.24) is 15.1 Å². The molecule has 0 heterocycles. The number of nitrogens with one attached hydrogen (secondary N) is 1. The highest BCUT2D eigenvalue weighted by molar-refractivity contribution is 5.67. The van der Waals surface area contributed by atoms with E-state index in [9.17, 15) is 9.59 Å². The van der Waals surface area contributed by atoms with E-state index in [-0.39, 0.29) is 18.1 Å². The Hall–Kier alpha value is -1.56. The summed E-state index contributed by atoms with van der Waals surface area (Å²) in [6, 6.07) is 0.115. The van der Waals surface area contributed by atoms with Gasteiger partial charge in [0.05, 0.1) is 6.61 Å². The van der Waals surface area contributed by atoms with Crippen molar-refractivity contribution in [3.8, 4) is 0 Å². The Morgan fingerprint density at radius 3 is 1.92 bits per heavy atom. The van der Waals surface area contributed by atoms with Crippen LogP contribution in [0.25, 0.3) is 0 Å².